The third kappa shape index (κ3) is 2.53. The highest BCUT2D eigenvalue weighted by molar-refractivity contribution is 5.31. The molecule has 1 N–H and O–H groups in total. The molecule has 2 rings (SSSR count). The molecular weight excluding hydrogens is 214 g/mol. The van der Waals surface area contributed by atoms with E-state index in [1.54, 1.807) is 18.6 Å². The topological polar surface area (TPSA) is 50.9 Å². The second-order valence-electron chi connectivity index (χ2n) is 4.17. The summed E-state index contributed by atoms with van der Waals surface area (Å²) in [5, 5.41) is 14.5. The molecule has 0 fully saturated rings. The molecular formula is C13H17N3O. The maximum atomic E-state index is 10.3. The molecule has 90 valence electrons. The van der Waals surface area contributed by atoms with E-state index >= 15 is 0 Å². The molecule has 0 saturated heterocycles. The molecule has 0 aliphatic carbocycles. The molecule has 0 aliphatic heterocycles. The van der Waals surface area contributed by atoms with Gasteiger partial charge in [-0.3, -0.25) is 9.67 Å². The van der Waals surface area contributed by atoms with E-state index in [0.29, 0.717) is 0 Å². The van der Waals surface area contributed by atoms with Crippen molar-refractivity contribution in [3.05, 3.63) is 47.5 Å². The summed E-state index contributed by atoms with van der Waals surface area (Å²) in [5.41, 5.74) is 2.70. The lowest BCUT2D eigenvalue weighted by molar-refractivity contribution is 0.219. The fourth-order valence-corrected chi connectivity index (χ4v) is 1.84. The molecule has 0 bridgehead atoms. The van der Waals surface area contributed by atoms with Crippen molar-refractivity contribution in [3.8, 4) is 0 Å². The van der Waals surface area contributed by atoms with E-state index in [4.69, 9.17) is 0 Å². The minimum Gasteiger partial charge on any atom is -0.384 e. The first-order valence-electron chi connectivity index (χ1n) is 5.83. The minimum absolute atomic E-state index is 0.622. The third-order valence-electron chi connectivity index (χ3n) is 2.78. The van der Waals surface area contributed by atoms with Crippen LogP contribution in [-0.2, 0) is 6.54 Å². The maximum absolute atomic E-state index is 10.3. The monoisotopic (exact) mass is 231 g/mol. The van der Waals surface area contributed by atoms with Gasteiger partial charge in [-0.1, -0.05) is 6.92 Å². The van der Waals surface area contributed by atoms with E-state index in [0.717, 1.165) is 29.7 Å². The Balaban J connectivity index is 2.24. The van der Waals surface area contributed by atoms with Crippen LogP contribution in [0.2, 0.25) is 0 Å². The van der Waals surface area contributed by atoms with E-state index in [1.165, 1.54) is 0 Å². The Morgan fingerprint density at radius 2 is 2.24 bits per heavy atom. The zero-order chi connectivity index (χ0) is 12.3. The summed E-state index contributed by atoms with van der Waals surface area (Å²) in [5.74, 6) is 0. The first-order chi connectivity index (χ1) is 8.22. The number of hydrogen-bond acceptors (Lipinski definition) is 3. The summed E-state index contributed by atoms with van der Waals surface area (Å²) in [6.45, 7) is 4.93. The summed E-state index contributed by atoms with van der Waals surface area (Å²) in [6, 6.07) is 1.84. The summed E-state index contributed by atoms with van der Waals surface area (Å²) in [7, 11) is 0. The van der Waals surface area contributed by atoms with Crippen LogP contribution < -0.4 is 0 Å². The average molecular weight is 231 g/mol. The van der Waals surface area contributed by atoms with Crippen LogP contribution >= 0.6 is 0 Å². The highest BCUT2D eigenvalue weighted by atomic mass is 16.3. The normalized spacial score (nSPS) is 12.6. The SMILES string of the molecule is CCCn1cc(C(O)c2ccncc2C)cn1. The van der Waals surface area contributed by atoms with E-state index in [2.05, 4.69) is 17.0 Å². The van der Waals surface area contributed by atoms with Crippen molar-refractivity contribution >= 4 is 0 Å². The number of aryl methyl sites for hydroxylation is 2. The van der Waals surface area contributed by atoms with E-state index in [9.17, 15) is 5.11 Å². The van der Waals surface area contributed by atoms with Crippen LogP contribution in [0.4, 0.5) is 0 Å². The van der Waals surface area contributed by atoms with Gasteiger partial charge >= 0.3 is 0 Å². The Labute approximate surface area is 101 Å². The molecule has 4 nitrogen and oxygen atoms in total. The second-order valence-corrected chi connectivity index (χ2v) is 4.17. The quantitative estimate of drug-likeness (QED) is 0.876. The van der Waals surface area contributed by atoms with E-state index < -0.39 is 6.10 Å². The van der Waals surface area contributed by atoms with Crippen molar-refractivity contribution in [3.63, 3.8) is 0 Å². The summed E-state index contributed by atoms with van der Waals surface area (Å²) in [4.78, 5) is 4.02. The number of rotatable bonds is 4. The zero-order valence-corrected chi connectivity index (χ0v) is 10.2. The predicted octanol–water partition coefficient (Wildman–Crippen LogP) is 2.08. The summed E-state index contributed by atoms with van der Waals surface area (Å²) < 4.78 is 1.86. The summed E-state index contributed by atoms with van der Waals surface area (Å²) >= 11 is 0. The van der Waals surface area contributed by atoms with Crippen molar-refractivity contribution in [1.29, 1.82) is 0 Å². The largest absolute Gasteiger partial charge is 0.384 e. The Bertz CT molecular complexity index is 493. The van der Waals surface area contributed by atoms with E-state index in [1.807, 2.05) is 23.9 Å². The van der Waals surface area contributed by atoms with Gasteiger partial charge in [-0.15, -0.1) is 0 Å². The molecule has 0 spiro atoms. The molecule has 2 heterocycles. The van der Waals surface area contributed by atoms with Crippen molar-refractivity contribution in [2.75, 3.05) is 0 Å². The lowest BCUT2D eigenvalue weighted by Gasteiger charge is -2.11. The molecule has 0 saturated carbocycles. The van der Waals surface area contributed by atoms with Gasteiger partial charge in [-0.2, -0.15) is 5.10 Å². The lowest BCUT2D eigenvalue weighted by atomic mass is 10.0. The highest BCUT2D eigenvalue weighted by Gasteiger charge is 2.14. The molecule has 4 heteroatoms. The zero-order valence-electron chi connectivity index (χ0n) is 10.2. The van der Waals surface area contributed by atoms with Gasteiger partial charge in [0.1, 0.15) is 6.10 Å². The van der Waals surface area contributed by atoms with Crippen LogP contribution in [0.3, 0.4) is 0 Å². The summed E-state index contributed by atoms with van der Waals surface area (Å²) in [6.07, 6.45) is 7.49. The first kappa shape index (κ1) is 11.8. The predicted molar refractivity (Wildman–Crippen MR) is 65.6 cm³/mol. The van der Waals surface area contributed by atoms with Gasteiger partial charge in [-0.25, -0.2) is 0 Å². The van der Waals surface area contributed by atoms with Gasteiger partial charge in [0.15, 0.2) is 0 Å². The van der Waals surface area contributed by atoms with Gasteiger partial charge in [0.05, 0.1) is 6.20 Å². The lowest BCUT2D eigenvalue weighted by Crippen LogP contribution is -2.01. The van der Waals surface area contributed by atoms with Crippen molar-refractivity contribution in [1.82, 2.24) is 14.8 Å². The van der Waals surface area contributed by atoms with Gasteiger partial charge in [0.25, 0.3) is 0 Å². The Morgan fingerprint density at radius 3 is 2.94 bits per heavy atom. The molecule has 2 aromatic heterocycles. The second kappa shape index (κ2) is 5.10. The van der Waals surface area contributed by atoms with E-state index in [-0.39, 0.29) is 0 Å². The van der Waals surface area contributed by atoms with Gasteiger partial charge in [0.2, 0.25) is 0 Å². The smallest absolute Gasteiger partial charge is 0.107 e. The minimum atomic E-state index is -0.622. The Kier molecular flexibility index (Phi) is 3.54. The first-order valence-corrected chi connectivity index (χ1v) is 5.83. The standard InChI is InChI=1S/C13H17N3O/c1-3-6-16-9-11(8-15-16)13(17)12-4-5-14-7-10(12)2/h4-5,7-9,13,17H,3,6H2,1-2H3. The Morgan fingerprint density at radius 1 is 1.41 bits per heavy atom. The molecule has 2 aromatic rings. The molecule has 0 radical (unpaired) electrons. The van der Waals surface area contributed by atoms with Crippen LogP contribution in [0, 0.1) is 6.92 Å². The number of pyridine rings is 1. The highest BCUT2D eigenvalue weighted by Crippen LogP contribution is 2.23. The number of aromatic nitrogens is 3. The van der Waals surface area contributed by atoms with Crippen molar-refractivity contribution in [2.24, 2.45) is 0 Å². The third-order valence-corrected chi connectivity index (χ3v) is 2.78. The van der Waals surface area contributed by atoms with Crippen molar-refractivity contribution in [2.45, 2.75) is 32.9 Å². The number of hydrogen-bond donors (Lipinski definition) is 1. The molecule has 0 amide bonds. The molecule has 17 heavy (non-hydrogen) atoms. The van der Waals surface area contributed by atoms with Crippen LogP contribution in [0.1, 0.15) is 36.1 Å². The number of aliphatic hydroxyl groups excluding tert-OH is 1. The molecule has 0 aliphatic rings. The van der Waals surface area contributed by atoms with Gasteiger partial charge in [0, 0.05) is 30.7 Å². The number of aliphatic hydroxyl groups is 1. The van der Waals surface area contributed by atoms with Gasteiger partial charge < -0.3 is 5.11 Å². The van der Waals surface area contributed by atoms with Gasteiger partial charge in [-0.05, 0) is 30.5 Å². The van der Waals surface area contributed by atoms with Crippen LogP contribution in [0.25, 0.3) is 0 Å². The Hall–Kier alpha value is -1.68. The fraction of sp³-hybridized carbons (Fsp3) is 0.385. The number of nitrogens with zero attached hydrogens (tertiary/aromatic N) is 3. The van der Waals surface area contributed by atoms with Crippen molar-refractivity contribution < 1.29 is 5.11 Å². The van der Waals surface area contributed by atoms with Crippen LogP contribution in [0.5, 0.6) is 0 Å². The fourth-order valence-electron chi connectivity index (χ4n) is 1.84. The average Bonchev–Trinajstić information content (AvgIpc) is 2.78. The van der Waals surface area contributed by atoms with Crippen LogP contribution in [-0.4, -0.2) is 19.9 Å². The molecule has 1 atom stereocenters. The molecule has 0 aromatic carbocycles. The van der Waals surface area contributed by atoms with Crippen LogP contribution in [0.15, 0.2) is 30.9 Å². The maximum Gasteiger partial charge on any atom is 0.107 e. The molecule has 1 unspecified atom stereocenters.